The molecule has 0 saturated heterocycles. The molecule has 1 amide bonds. The van der Waals surface area contributed by atoms with Crippen molar-refractivity contribution in [3.05, 3.63) is 29.8 Å². The smallest absolute Gasteiger partial charge is 0.253 e. The van der Waals surface area contributed by atoms with E-state index in [1.807, 2.05) is 0 Å². The van der Waals surface area contributed by atoms with Gasteiger partial charge in [0.15, 0.2) is 0 Å². The number of rotatable bonds is 6. The molecule has 0 aromatic heterocycles. The molecule has 2 N–H and O–H groups in total. The molecule has 0 atom stereocenters. The molecule has 0 aliphatic heterocycles. The molecule has 0 aliphatic rings. The summed E-state index contributed by atoms with van der Waals surface area (Å²) in [4.78, 5) is 13.7. The van der Waals surface area contributed by atoms with Crippen LogP contribution in [0.2, 0.25) is 0 Å². The molecule has 0 aliphatic carbocycles. The summed E-state index contributed by atoms with van der Waals surface area (Å²) >= 11 is 0. The maximum Gasteiger partial charge on any atom is 0.253 e. The first-order chi connectivity index (χ1) is 8.86. The van der Waals surface area contributed by atoms with Crippen LogP contribution in [0.5, 0.6) is 0 Å². The molecule has 0 fully saturated rings. The maximum atomic E-state index is 12.1. The van der Waals surface area contributed by atoms with Crippen molar-refractivity contribution in [1.29, 1.82) is 0 Å². The Hall–Kier alpha value is -1.40. The summed E-state index contributed by atoms with van der Waals surface area (Å²) in [6, 6.07) is 5.80. The molecule has 0 saturated carbocycles. The summed E-state index contributed by atoms with van der Waals surface area (Å²) in [7, 11) is -2.07. The van der Waals surface area contributed by atoms with Crippen molar-refractivity contribution in [2.75, 3.05) is 13.6 Å². The molecule has 1 rings (SSSR count). The first-order valence-corrected chi connectivity index (χ1v) is 7.79. The van der Waals surface area contributed by atoms with E-state index in [1.54, 1.807) is 18.0 Å². The maximum absolute atomic E-state index is 12.1. The van der Waals surface area contributed by atoms with E-state index in [1.165, 1.54) is 18.2 Å². The molecular weight excluding hydrogens is 264 g/mol. The number of primary sulfonamides is 1. The normalized spacial score (nSPS) is 11.3. The minimum Gasteiger partial charge on any atom is -0.342 e. The number of hydrogen-bond acceptors (Lipinski definition) is 3. The molecule has 6 heteroatoms. The number of sulfonamides is 1. The van der Waals surface area contributed by atoms with Crippen LogP contribution in [0.1, 0.15) is 36.5 Å². The molecule has 0 heterocycles. The standard InChI is InChI=1S/C13H20N2O3S/c1-3-4-5-9-15(2)13(16)11-7-6-8-12(10-11)19(14,17)18/h6-8,10H,3-5,9H2,1-2H3,(H2,14,17,18). The number of nitrogens with two attached hydrogens (primary N) is 1. The van der Waals surface area contributed by atoms with Crippen LogP contribution >= 0.6 is 0 Å². The summed E-state index contributed by atoms with van der Waals surface area (Å²) in [5.41, 5.74) is 0.338. The van der Waals surface area contributed by atoms with Crippen LogP contribution in [0.4, 0.5) is 0 Å². The third-order valence-electron chi connectivity index (χ3n) is 2.85. The molecule has 1 aromatic carbocycles. The van der Waals surface area contributed by atoms with Gasteiger partial charge in [0.1, 0.15) is 0 Å². The lowest BCUT2D eigenvalue weighted by molar-refractivity contribution is 0.0792. The first kappa shape index (κ1) is 15.7. The average molecular weight is 284 g/mol. The molecule has 0 bridgehead atoms. The summed E-state index contributed by atoms with van der Waals surface area (Å²) in [5.74, 6) is -0.193. The zero-order valence-electron chi connectivity index (χ0n) is 11.3. The van der Waals surface area contributed by atoms with Crippen molar-refractivity contribution in [1.82, 2.24) is 4.90 Å². The highest BCUT2D eigenvalue weighted by atomic mass is 32.2. The lowest BCUT2D eigenvalue weighted by Gasteiger charge is -2.17. The fourth-order valence-electron chi connectivity index (χ4n) is 1.73. The molecule has 1 aromatic rings. The number of nitrogens with zero attached hydrogens (tertiary/aromatic N) is 1. The van der Waals surface area contributed by atoms with Crippen LogP contribution in [0.25, 0.3) is 0 Å². The summed E-state index contributed by atoms with van der Waals surface area (Å²) in [5, 5.41) is 5.05. The van der Waals surface area contributed by atoms with Crippen LogP contribution in [-0.2, 0) is 10.0 Å². The van der Waals surface area contributed by atoms with Crippen LogP contribution in [-0.4, -0.2) is 32.8 Å². The summed E-state index contributed by atoms with van der Waals surface area (Å²) in [6.45, 7) is 2.75. The highest BCUT2D eigenvalue weighted by Crippen LogP contribution is 2.12. The van der Waals surface area contributed by atoms with Crippen molar-refractivity contribution in [3.63, 3.8) is 0 Å². The number of carbonyl (C=O) groups is 1. The molecule has 106 valence electrons. The van der Waals surface area contributed by atoms with Crippen LogP contribution in [0.3, 0.4) is 0 Å². The lowest BCUT2D eigenvalue weighted by atomic mass is 10.2. The van der Waals surface area contributed by atoms with Crippen molar-refractivity contribution in [2.24, 2.45) is 5.14 Å². The molecular formula is C13H20N2O3S. The van der Waals surface area contributed by atoms with E-state index in [0.29, 0.717) is 12.1 Å². The second kappa shape index (κ2) is 6.68. The molecule has 5 nitrogen and oxygen atoms in total. The van der Waals surface area contributed by atoms with E-state index in [2.05, 4.69) is 6.92 Å². The predicted octanol–water partition coefficient (Wildman–Crippen LogP) is 1.60. The average Bonchev–Trinajstić information content (AvgIpc) is 2.37. The van der Waals surface area contributed by atoms with Gasteiger partial charge in [0.2, 0.25) is 10.0 Å². The number of unbranched alkanes of at least 4 members (excludes halogenated alkanes) is 2. The van der Waals surface area contributed by atoms with Gasteiger partial charge >= 0.3 is 0 Å². The van der Waals surface area contributed by atoms with Gasteiger partial charge < -0.3 is 4.90 Å². The largest absolute Gasteiger partial charge is 0.342 e. The number of carbonyl (C=O) groups excluding carboxylic acids is 1. The van der Waals surface area contributed by atoms with E-state index < -0.39 is 10.0 Å². The Labute approximate surface area is 114 Å². The fraction of sp³-hybridized carbons (Fsp3) is 0.462. The van der Waals surface area contributed by atoms with Crippen molar-refractivity contribution < 1.29 is 13.2 Å². The van der Waals surface area contributed by atoms with Gasteiger partial charge in [-0.15, -0.1) is 0 Å². The van der Waals surface area contributed by atoms with Gasteiger partial charge in [-0.2, -0.15) is 0 Å². The molecule has 0 spiro atoms. The highest BCUT2D eigenvalue weighted by molar-refractivity contribution is 7.89. The third kappa shape index (κ3) is 4.65. The third-order valence-corrected chi connectivity index (χ3v) is 3.76. The zero-order valence-corrected chi connectivity index (χ0v) is 12.1. The first-order valence-electron chi connectivity index (χ1n) is 6.24. The van der Waals surface area contributed by atoms with Gasteiger partial charge in [-0.1, -0.05) is 25.8 Å². The minimum absolute atomic E-state index is 0.0414. The van der Waals surface area contributed by atoms with Gasteiger partial charge in [0.05, 0.1) is 4.90 Å². The summed E-state index contributed by atoms with van der Waals surface area (Å²) in [6.07, 6.45) is 3.09. The Kier molecular flexibility index (Phi) is 5.50. The van der Waals surface area contributed by atoms with E-state index in [-0.39, 0.29) is 10.8 Å². The predicted molar refractivity (Wildman–Crippen MR) is 74.3 cm³/mol. The van der Waals surface area contributed by atoms with Crippen LogP contribution in [0, 0.1) is 0 Å². The quantitative estimate of drug-likeness (QED) is 0.806. The van der Waals surface area contributed by atoms with Crippen LogP contribution < -0.4 is 5.14 Å². The Morgan fingerprint density at radius 2 is 2.00 bits per heavy atom. The van der Waals surface area contributed by atoms with Crippen LogP contribution in [0.15, 0.2) is 29.2 Å². The number of amides is 1. The Balaban J connectivity index is 2.82. The number of hydrogen-bond donors (Lipinski definition) is 1. The van der Waals surface area contributed by atoms with Crippen molar-refractivity contribution in [2.45, 2.75) is 31.1 Å². The second-order valence-corrected chi connectivity index (χ2v) is 6.07. The second-order valence-electron chi connectivity index (χ2n) is 4.51. The van der Waals surface area contributed by atoms with Gasteiger partial charge in [-0.3, -0.25) is 4.79 Å². The Bertz CT molecular complexity index is 541. The van der Waals surface area contributed by atoms with Crippen molar-refractivity contribution in [3.8, 4) is 0 Å². The monoisotopic (exact) mass is 284 g/mol. The minimum atomic E-state index is -3.78. The van der Waals surface area contributed by atoms with Gasteiger partial charge in [-0.05, 0) is 24.6 Å². The number of benzene rings is 1. The van der Waals surface area contributed by atoms with Gasteiger partial charge in [0, 0.05) is 19.2 Å². The van der Waals surface area contributed by atoms with E-state index in [9.17, 15) is 13.2 Å². The molecule has 19 heavy (non-hydrogen) atoms. The highest BCUT2D eigenvalue weighted by Gasteiger charge is 2.14. The van der Waals surface area contributed by atoms with Gasteiger partial charge in [0.25, 0.3) is 5.91 Å². The van der Waals surface area contributed by atoms with E-state index in [4.69, 9.17) is 5.14 Å². The van der Waals surface area contributed by atoms with E-state index in [0.717, 1.165) is 19.3 Å². The summed E-state index contributed by atoms with van der Waals surface area (Å²) < 4.78 is 22.5. The zero-order chi connectivity index (χ0) is 14.5. The molecule has 0 unspecified atom stereocenters. The van der Waals surface area contributed by atoms with Gasteiger partial charge in [-0.25, -0.2) is 13.6 Å². The van der Waals surface area contributed by atoms with E-state index >= 15 is 0 Å². The Morgan fingerprint density at radius 1 is 1.32 bits per heavy atom. The Morgan fingerprint density at radius 3 is 2.58 bits per heavy atom. The van der Waals surface area contributed by atoms with Crippen molar-refractivity contribution >= 4 is 15.9 Å². The molecule has 0 radical (unpaired) electrons. The SMILES string of the molecule is CCCCCN(C)C(=O)c1cccc(S(N)(=O)=O)c1. The lowest BCUT2D eigenvalue weighted by Crippen LogP contribution is -2.28. The topological polar surface area (TPSA) is 80.5 Å². The fourth-order valence-corrected chi connectivity index (χ4v) is 2.29.